The minimum absolute atomic E-state index is 0.353. The zero-order chi connectivity index (χ0) is 14.8. The second-order valence-corrected chi connectivity index (χ2v) is 7.33. The number of halogens is 1. The number of fused-ring (bicyclic) bond motifs is 1. The van der Waals surface area contributed by atoms with Gasteiger partial charge in [-0.05, 0) is 43.7 Å². The van der Waals surface area contributed by atoms with E-state index in [-0.39, 0.29) is 0 Å². The molecule has 0 aliphatic heterocycles. The Morgan fingerprint density at radius 1 is 1.24 bits per heavy atom. The predicted molar refractivity (Wildman–Crippen MR) is 93.8 cm³/mol. The summed E-state index contributed by atoms with van der Waals surface area (Å²) in [7, 11) is 0. The molecule has 1 aromatic carbocycles. The normalized spacial score (nSPS) is 12.7. The molecule has 0 fully saturated rings. The van der Waals surface area contributed by atoms with Crippen LogP contribution < -0.4 is 5.32 Å². The van der Waals surface area contributed by atoms with Crippen molar-refractivity contribution in [3.8, 4) is 0 Å². The van der Waals surface area contributed by atoms with Crippen LogP contribution in [-0.2, 0) is 6.54 Å². The molecule has 108 valence electrons. The first-order valence-corrected chi connectivity index (χ1v) is 8.58. The Kier molecular flexibility index (Phi) is 4.38. The van der Waals surface area contributed by atoms with E-state index in [9.17, 15) is 0 Å². The molecule has 0 saturated carbocycles. The number of rotatable bonds is 4. The van der Waals surface area contributed by atoms with E-state index in [4.69, 9.17) is 0 Å². The van der Waals surface area contributed by atoms with Crippen molar-refractivity contribution >= 4 is 38.2 Å². The fraction of sp³-hybridized carbons (Fsp3) is 0.235. The smallest absolute Gasteiger partial charge is 0.0758 e. The summed E-state index contributed by atoms with van der Waals surface area (Å²) < 4.78 is 1.09. The Morgan fingerprint density at radius 3 is 2.86 bits per heavy atom. The van der Waals surface area contributed by atoms with E-state index in [1.165, 1.54) is 15.3 Å². The second-order valence-electron chi connectivity index (χ2n) is 5.16. The Morgan fingerprint density at radius 2 is 2.10 bits per heavy atom. The van der Waals surface area contributed by atoms with E-state index >= 15 is 0 Å². The van der Waals surface area contributed by atoms with E-state index < -0.39 is 0 Å². The first-order chi connectivity index (χ1) is 10.1. The van der Waals surface area contributed by atoms with Gasteiger partial charge in [-0.15, -0.1) is 11.3 Å². The predicted octanol–water partition coefficient (Wildman–Crippen LogP) is 5.22. The summed E-state index contributed by atoms with van der Waals surface area (Å²) in [6.07, 6.45) is 1.85. The Hall–Kier alpha value is -1.23. The molecule has 0 aliphatic rings. The molecule has 0 bridgehead atoms. The molecular formula is C17H17BrN2S. The van der Waals surface area contributed by atoms with Crippen LogP contribution in [-0.4, -0.2) is 4.98 Å². The van der Waals surface area contributed by atoms with E-state index in [0.717, 1.165) is 21.9 Å². The third-order valence-electron chi connectivity index (χ3n) is 3.59. The van der Waals surface area contributed by atoms with Crippen molar-refractivity contribution in [1.82, 2.24) is 10.3 Å². The van der Waals surface area contributed by atoms with Gasteiger partial charge in [-0.3, -0.25) is 4.98 Å². The Labute approximate surface area is 137 Å². The molecule has 21 heavy (non-hydrogen) atoms. The van der Waals surface area contributed by atoms with Gasteiger partial charge < -0.3 is 5.32 Å². The third-order valence-corrected chi connectivity index (χ3v) is 5.46. The first kappa shape index (κ1) is 14.7. The fourth-order valence-electron chi connectivity index (χ4n) is 2.39. The monoisotopic (exact) mass is 360 g/mol. The molecule has 2 heterocycles. The molecule has 1 unspecified atom stereocenters. The zero-order valence-electron chi connectivity index (χ0n) is 12.1. The molecule has 2 nitrogen and oxygen atoms in total. The quantitative estimate of drug-likeness (QED) is 0.689. The Balaban J connectivity index is 1.81. The largest absolute Gasteiger partial charge is 0.305 e. The van der Waals surface area contributed by atoms with Gasteiger partial charge in [0.05, 0.1) is 5.52 Å². The van der Waals surface area contributed by atoms with Gasteiger partial charge in [-0.2, -0.15) is 0 Å². The minimum Gasteiger partial charge on any atom is -0.305 e. The highest BCUT2D eigenvalue weighted by Gasteiger charge is 2.09. The fourth-order valence-corrected chi connectivity index (χ4v) is 3.74. The van der Waals surface area contributed by atoms with Crippen molar-refractivity contribution in [2.24, 2.45) is 0 Å². The molecular weight excluding hydrogens is 344 g/mol. The van der Waals surface area contributed by atoms with Crippen molar-refractivity contribution in [2.75, 3.05) is 0 Å². The van der Waals surface area contributed by atoms with Crippen LogP contribution in [0.4, 0.5) is 0 Å². The molecule has 0 spiro atoms. The number of benzene rings is 1. The summed E-state index contributed by atoms with van der Waals surface area (Å²) in [4.78, 5) is 7.26. The second kappa shape index (κ2) is 6.26. The zero-order valence-corrected chi connectivity index (χ0v) is 14.5. The number of nitrogens with one attached hydrogen (secondary N) is 1. The van der Waals surface area contributed by atoms with Gasteiger partial charge in [0.15, 0.2) is 0 Å². The van der Waals surface area contributed by atoms with Crippen LogP contribution in [0.15, 0.2) is 47.1 Å². The summed E-state index contributed by atoms with van der Waals surface area (Å²) >= 11 is 5.44. The highest BCUT2D eigenvalue weighted by molar-refractivity contribution is 9.10. The van der Waals surface area contributed by atoms with E-state index in [0.29, 0.717) is 6.04 Å². The number of aromatic nitrogens is 1. The molecule has 0 saturated heterocycles. The van der Waals surface area contributed by atoms with Crippen LogP contribution in [0.2, 0.25) is 0 Å². The maximum absolute atomic E-state index is 4.53. The number of hydrogen-bond acceptors (Lipinski definition) is 3. The van der Waals surface area contributed by atoms with Crippen molar-refractivity contribution < 1.29 is 0 Å². The van der Waals surface area contributed by atoms with Gasteiger partial charge in [0.2, 0.25) is 0 Å². The van der Waals surface area contributed by atoms with Crippen LogP contribution in [0.25, 0.3) is 10.9 Å². The molecule has 2 aromatic heterocycles. The summed E-state index contributed by atoms with van der Waals surface area (Å²) in [5.74, 6) is 0. The average Bonchev–Trinajstić information content (AvgIpc) is 2.93. The van der Waals surface area contributed by atoms with Crippen LogP contribution in [0.3, 0.4) is 0 Å². The van der Waals surface area contributed by atoms with Crippen molar-refractivity contribution in [2.45, 2.75) is 26.4 Å². The molecule has 4 heteroatoms. The van der Waals surface area contributed by atoms with Crippen LogP contribution in [0.5, 0.6) is 0 Å². The highest BCUT2D eigenvalue weighted by atomic mass is 79.9. The van der Waals surface area contributed by atoms with E-state index in [2.05, 4.69) is 70.4 Å². The summed E-state index contributed by atoms with van der Waals surface area (Å²) in [6.45, 7) is 5.17. The van der Waals surface area contributed by atoms with Gasteiger partial charge >= 0.3 is 0 Å². The van der Waals surface area contributed by atoms with E-state index in [1.54, 1.807) is 0 Å². The number of aryl methyl sites for hydroxylation is 1. The number of nitrogens with zero attached hydrogens (tertiary/aromatic N) is 1. The van der Waals surface area contributed by atoms with Gasteiger partial charge in [-0.25, -0.2) is 0 Å². The SMILES string of the molecule is Cc1ccc(C(C)NCc2ccc(Br)c3cccnc23)s1. The van der Waals surface area contributed by atoms with Crippen LogP contribution >= 0.6 is 27.3 Å². The minimum atomic E-state index is 0.353. The van der Waals surface area contributed by atoms with Crippen molar-refractivity contribution in [3.63, 3.8) is 0 Å². The lowest BCUT2D eigenvalue weighted by Crippen LogP contribution is -2.17. The summed E-state index contributed by atoms with van der Waals surface area (Å²) in [5, 5.41) is 4.76. The summed E-state index contributed by atoms with van der Waals surface area (Å²) in [6, 6.07) is 13.0. The lowest BCUT2D eigenvalue weighted by molar-refractivity contribution is 0.584. The first-order valence-electron chi connectivity index (χ1n) is 6.97. The lowest BCUT2D eigenvalue weighted by Gasteiger charge is -2.13. The van der Waals surface area contributed by atoms with Crippen LogP contribution in [0.1, 0.15) is 28.3 Å². The summed E-state index contributed by atoms with van der Waals surface area (Å²) in [5.41, 5.74) is 2.29. The average molecular weight is 361 g/mol. The number of hydrogen-bond donors (Lipinski definition) is 1. The lowest BCUT2D eigenvalue weighted by atomic mass is 10.1. The molecule has 3 aromatic rings. The maximum Gasteiger partial charge on any atom is 0.0758 e. The maximum atomic E-state index is 4.53. The topological polar surface area (TPSA) is 24.9 Å². The molecule has 0 amide bonds. The number of thiophene rings is 1. The van der Waals surface area contributed by atoms with Crippen LogP contribution in [0, 0.1) is 6.92 Å². The van der Waals surface area contributed by atoms with Gasteiger partial charge in [0.25, 0.3) is 0 Å². The third kappa shape index (κ3) is 3.18. The van der Waals surface area contributed by atoms with E-state index in [1.807, 2.05) is 23.6 Å². The van der Waals surface area contributed by atoms with Gasteiger partial charge in [0, 0.05) is 38.4 Å². The molecule has 1 N–H and O–H groups in total. The van der Waals surface area contributed by atoms with Gasteiger partial charge in [0.1, 0.15) is 0 Å². The number of pyridine rings is 1. The molecule has 0 aliphatic carbocycles. The molecule has 1 atom stereocenters. The van der Waals surface area contributed by atoms with Gasteiger partial charge in [-0.1, -0.05) is 28.1 Å². The molecule has 3 rings (SSSR count). The van der Waals surface area contributed by atoms with Crippen molar-refractivity contribution in [3.05, 3.63) is 62.4 Å². The standard InChI is InChI=1S/C17H17BrN2S/c1-11-5-8-16(21-11)12(2)20-10-13-6-7-15(18)14-4-3-9-19-17(13)14/h3-9,12,20H,10H2,1-2H3. The highest BCUT2D eigenvalue weighted by Crippen LogP contribution is 2.26. The van der Waals surface area contributed by atoms with Crippen molar-refractivity contribution in [1.29, 1.82) is 0 Å². The Bertz CT molecular complexity index is 766. The molecule has 0 radical (unpaired) electrons.